The highest BCUT2D eigenvalue weighted by Gasteiger charge is 2.48. The Labute approximate surface area is 124 Å². The monoisotopic (exact) mass is 300 g/mol. The summed E-state index contributed by atoms with van der Waals surface area (Å²) < 4.78 is 39.1. The molecule has 0 fully saturated rings. The third-order valence-electron chi connectivity index (χ3n) is 3.59. The van der Waals surface area contributed by atoms with Gasteiger partial charge in [-0.05, 0) is 18.9 Å². The summed E-state index contributed by atoms with van der Waals surface area (Å²) in [6.45, 7) is 4.38. The van der Waals surface area contributed by atoms with E-state index in [1.165, 1.54) is 13.8 Å². The van der Waals surface area contributed by atoms with Gasteiger partial charge in [0.05, 0.1) is 5.41 Å². The van der Waals surface area contributed by atoms with Crippen LogP contribution in [0.2, 0.25) is 0 Å². The minimum Gasteiger partial charge on any atom is -0.302 e. The van der Waals surface area contributed by atoms with Crippen molar-refractivity contribution >= 4 is 6.21 Å². The summed E-state index contributed by atoms with van der Waals surface area (Å²) >= 11 is 0. The largest absolute Gasteiger partial charge is 0.394 e. The number of nitrogens with one attached hydrogen (secondary N) is 1. The highest BCUT2D eigenvalue weighted by molar-refractivity contribution is 5.64. The Morgan fingerprint density at radius 3 is 2.24 bits per heavy atom. The second-order valence-corrected chi connectivity index (χ2v) is 5.90. The van der Waals surface area contributed by atoms with E-state index in [0.717, 1.165) is 5.56 Å². The summed E-state index contributed by atoms with van der Waals surface area (Å²) in [6.07, 6.45) is -2.73. The molecule has 2 atom stereocenters. The Hall–Kier alpha value is -1.36. The molecule has 0 bridgehead atoms. The van der Waals surface area contributed by atoms with Gasteiger partial charge in [0.1, 0.15) is 0 Å². The van der Waals surface area contributed by atoms with Crippen molar-refractivity contribution in [2.24, 2.45) is 10.4 Å². The smallest absolute Gasteiger partial charge is 0.302 e. The molecule has 0 radical (unpaired) electrons. The lowest BCUT2D eigenvalue weighted by molar-refractivity contribution is -0.214. The molecule has 5 heteroatoms. The van der Waals surface area contributed by atoms with Crippen LogP contribution in [0, 0.1) is 5.41 Å². The average molecular weight is 300 g/mol. The van der Waals surface area contributed by atoms with Gasteiger partial charge in [0.15, 0.2) is 0 Å². The number of nitrogens with zero attached hydrogens (tertiary/aromatic N) is 1. The second-order valence-electron chi connectivity index (χ2n) is 5.90. The number of aliphatic imine (C=N–C) groups is 1. The van der Waals surface area contributed by atoms with Crippen LogP contribution in [0.15, 0.2) is 35.3 Å². The first-order valence-electron chi connectivity index (χ1n) is 6.97. The van der Waals surface area contributed by atoms with Crippen molar-refractivity contribution in [3.05, 3.63) is 35.9 Å². The highest BCUT2D eigenvalue weighted by Crippen LogP contribution is 2.41. The van der Waals surface area contributed by atoms with Crippen LogP contribution < -0.4 is 5.32 Å². The lowest BCUT2D eigenvalue weighted by Gasteiger charge is -2.32. The maximum atomic E-state index is 13.0. The van der Waals surface area contributed by atoms with E-state index in [-0.39, 0.29) is 12.5 Å². The molecule has 1 aromatic rings. The first kappa shape index (κ1) is 17.7. The predicted molar refractivity (Wildman–Crippen MR) is 80.6 cm³/mol. The SMILES string of the molecule is CN=C[C@@H](CC(C)(C)C(F)(F)F)N[C@H](C)c1ccccc1. The number of rotatable bonds is 6. The van der Waals surface area contributed by atoms with Crippen LogP contribution in [-0.2, 0) is 0 Å². The lowest BCUT2D eigenvalue weighted by atomic mass is 9.85. The van der Waals surface area contributed by atoms with Crippen molar-refractivity contribution in [1.82, 2.24) is 5.32 Å². The fourth-order valence-electron chi connectivity index (χ4n) is 2.16. The molecule has 1 N–H and O–H groups in total. The van der Waals surface area contributed by atoms with Crippen LogP contribution in [-0.4, -0.2) is 25.5 Å². The average Bonchev–Trinajstić information content (AvgIpc) is 2.38. The summed E-state index contributed by atoms with van der Waals surface area (Å²) in [5.41, 5.74) is -0.723. The van der Waals surface area contributed by atoms with E-state index in [1.54, 1.807) is 13.3 Å². The number of hydrogen-bond donors (Lipinski definition) is 1. The van der Waals surface area contributed by atoms with Crippen LogP contribution in [0.4, 0.5) is 13.2 Å². The molecule has 0 aliphatic heterocycles. The van der Waals surface area contributed by atoms with Gasteiger partial charge in [-0.3, -0.25) is 4.99 Å². The zero-order valence-corrected chi connectivity index (χ0v) is 12.9. The highest BCUT2D eigenvalue weighted by atomic mass is 19.4. The van der Waals surface area contributed by atoms with Gasteiger partial charge in [-0.15, -0.1) is 0 Å². The van der Waals surface area contributed by atoms with Crippen LogP contribution in [0.25, 0.3) is 0 Å². The molecule has 0 aromatic heterocycles. The molecular formula is C16H23F3N2. The molecule has 0 heterocycles. The fourth-order valence-corrected chi connectivity index (χ4v) is 2.16. The molecule has 0 saturated carbocycles. The molecule has 0 amide bonds. The van der Waals surface area contributed by atoms with E-state index in [2.05, 4.69) is 10.3 Å². The van der Waals surface area contributed by atoms with Crippen molar-refractivity contribution in [3.63, 3.8) is 0 Å². The van der Waals surface area contributed by atoms with Crippen molar-refractivity contribution in [1.29, 1.82) is 0 Å². The van der Waals surface area contributed by atoms with E-state index in [9.17, 15) is 13.2 Å². The van der Waals surface area contributed by atoms with Gasteiger partial charge in [0.2, 0.25) is 0 Å². The Kier molecular flexibility index (Phi) is 5.96. The van der Waals surface area contributed by atoms with E-state index >= 15 is 0 Å². The molecule has 0 unspecified atom stereocenters. The summed E-state index contributed by atoms with van der Waals surface area (Å²) in [5, 5.41) is 3.21. The van der Waals surface area contributed by atoms with Crippen molar-refractivity contribution < 1.29 is 13.2 Å². The molecule has 1 rings (SSSR count). The van der Waals surface area contributed by atoms with Crippen LogP contribution in [0.5, 0.6) is 0 Å². The maximum absolute atomic E-state index is 13.0. The quantitative estimate of drug-likeness (QED) is 0.774. The molecule has 0 aliphatic carbocycles. The Morgan fingerprint density at radius 2 is 1.76 bits per heavy atom. The molecule has 0 saturated heterocycles. The number of halogens is 3. The van der Waals surface area contributed by atoms with E-state index in [1.807, 2.05) is 37.3 Å². The standard InChI is InChI=1S/C16H23F3N2/c1-12(13-8-6-5-7-9-13)21-14(11-20-4)10-15(2,3)16(17,18)19/h5-9,11-12,14,21H,10H2,1-4H3/t12-,14-/m1/s1. The molecule has 0 aliphatic rings. The summed E-state index contributed by atoms with van der Waals surface area (Å²) in [7, 11) is 1.57. The van der Waals surface area contributed by atoms with E-state index in [4.69, 9.17) is 0 Å². The molecule has 118 valence electrons. The third kappa shape index (κ3) is 5.16. The van der Waals surface area contributed by atoms with Gasteiger partial charge in [-0.1, -0.05) is 44.2 Å². The molecule has 0 spiro atoms. The van der Waals surface area contributed by atoms with Gasteiger partial charge in [-0.25, -0.2) is 0 Å². The number of hydrogen-bond acceptors (Lipinski definition) is 2. The van der Waals surface area contributed by atoms with Crippen molar-refractivity contribution in [2.45, 2.75) is 45.5 Å². The third-order valence-corrected chi connectivity index (χ3v) is 3.59. The summed E-state index contributed by atoms with van der Waals surface area (Å²) in [5.74, 6) is 0. The van der Waals surface area contributed by atoms with Gasteiger partial charge in [0, 0.05) is 25.3 Å². The topological polar surface area (TPSA) is 24.4 Å². The predicted octanol–water partition coefficient (Wildman–Crippen LogP) is 4.39. The zero-order valence-electron chi connectivity index (χ0n) is 12.9. The van der Waals surface area contributed by atoms with Crippen LogP contribution >= 0.6 is 0 Å². The Bertz CT molecular complexity index is 452. The Morgan fingerprint density at radius 1 is 1.19 bits per heavy atom. The number of benzene rings is 1. The molecule has 2 nitrogen and oxygen atoms in total. The summed E-state index contributed by atoms with van der Waals surface area (Å²) in [6, 6.07) is 9.17. The van der Waals surface area contributed by atoms with Crippen molar-refractivity contribution in [3.8, 4) is 0 Å². The zero-order chi connectivity index (χ0) is 16.1. The number of alkyl halides is 3. The van der Waals surface area contributed by atoms with E-state index < -0.39 is 17.6 Å². The molecule has 21 heavy (non-hydrogen) atoms. The Balaban J connectivity index is 2.79. The lowest BCUT2D eigenvalue weighted by Crippen LogP contribution is -2.42. The first-order chi connectivity index (χ1) is 9.67. The second kappa shape index (κ2) is 7.07. The fraction of sp³-hybridized carbons (Fsp3) is 0.562. The van der Waals surface area contributed by atoms with Crippen LogP contribution in [0.1, 0.15) is 38.8 Å². The normalized spacial score (nSPS) is 16.1. The minimum absolute atomic E-state index is 0.0433. The molecular weight excluding hydrogens is 277 g/mol. The van der Waals surface area contributed by atoms with Gasteiger partial charge >= 0.3 is 6.18 Å². The minimum atomic E-state index is -4.23. The van der Waals surface area contributed by atoms with Gasteiger partial charge in [0.25, 0.3) is 0 Å². The van der Waals surface area contributed by atoms with E-state index in [0.29, 0.717) is 0 Å². The summed E-state index contributed by atoms with van der Waals surface area (Å²) in [4.78, 5) is 3.89. The van der Waals surface area contributed by atoms with Crippen molar-refractivity contribution in [2.75, 3.05) is 7.05 Å². The first-order valence-corrected chi connectivity index (χ1v) is 6.97. The molecule has 1 aromatic carbocycles. The maximum Gasteiger partial charge on any atom is 0.394 e. The van der Waals surface area contributed by atoms with Crippen LogP contribution in [0.3, 0.4) is 0 Å². The van der Waals surface area contributed by atoms with Gasteiger partial charge < -0.3 is 5.32 Å². The van der Waals surface area contributed by atoms with Gasteiger partial charge in [-0.2, -0.15) is 13.2 Å².